The predicted molar refractivity (Wildman–Crippen MR) is 40.6 cm³/mol. The van der Waals surface area contributed by atoms with Gasteiger partial charge in [0.2, 0.25) is 11.9 Å². The van der Waals surface area contributed by atoms with E-state index in [9.17, 15) is 0 Å². The lowest BCUT2D eigenvalue weighted by Crippen LogP contribution is -2.01. The van der Waals surface area contributed by atoms with Gasteiger partial charge in [-0.3, -0.25) is 0 Å². The first-order valence-corrected chi connectivity index (χ1v) is 2.65. The van der Waals surface area contributed by atoms with E-state index in [1.54, 1.807) is 0 Å². The summed E-state index contributed by atoms with van der Waals surface area (Å²) >= 11 is 0. The molecule has 12 heavy (non-hydrogen) atoms. The molecule has 1 heterocycles. The molecule has 0 aliphatic carbocycles. The maximum atomic E-state index is 8.00. The normalized spacial score (nSPS) is 8.00. The van der Waals surface area contributed by atoms with Gasteiger partial charge in [-0.2, -0.15) is 15.0 Å². The van der Waals surface area contributed by atoms with Crippen LogP contribution in [0.25, 0.3) is 0 Å². The molecule has 0 radical (unpaired) electrons. The lowest BCUT2D eigenvalue weighted by Gasteiger charge is -1.93. The molecule has 1 aromatic rings. The SMILES string of the molecule is C=O.N=Nc1nc(N)nc(N)n1. The minimum atomic E-state index is -0.0787. The second-order valence-electron chi connectivity index (χ2n) is 1.46. The molecular weight excluding hydrogens is 162 g/mol. The molecule has 0 spiro atoms. The molecule has 0 saturated carbocycles. The van der Waals surface area contributed by atoms with Crippen molar-refractivity contribution in [2.45, 2.75) is 0 Å². The smallest absolute Gasteiger partial charge is 0.274 e. The third kappa shape index (κ3) is 2.64. The number of nitrogens with one attached hydrogen (secondary N) is 1. The first kappa shape index (κ1) is 9.88. The highest BCUT2D eigenvalue weighted by Crippen LogP contribution is 2.05. The summed E-state index contributed by atoms with van der Waals surface area (Å²) in [6.07, 6.45) is 0. The van der Waals surface area contributed by atoms with E-state index in [0.29, 0.717) is 0 Å². The number of aromatic nitrogens is 3. The number of rotatable bonds is 1. The van der Waals surface area contributed by atoms with Crippen molar-refractivity contribution in [3.63, 3.8) is 0 Å². The first-order valence-electron chi connectivity index (χ1n) is 2.65. The number of nitrogens with zero attached hydrogens (tertiary/aromatic N) is 4. The van der Waals surface area contributed by atoms with Crippen LogP contribution in [0.3, 0.4) is 0 Å². The summed E-state index contributed by atoms with van der Waals surface area (Å²) in [6.45, 7) is 2.00. The Bertz CT molecular complexity index is 254. The summed E-state index contributed by atoms with van der Waals surface area (Å²) in [5, 5.41) is 2.92. The number of hydrogen-bond donors (Lipinski definition) is 3. The average molecular weight is 169 g/mol. The molecule has 8 heteroatoms. The van der Waals surface area contributed by atoms with Gasteiger partial charge in [0.05, 0.1) is 0 Å². The molecule has 1 aromatic heterocycles. The molecule has 0 aliphatic heterocycles. The highest BCUT2D eigenvalue weighted by atomic mass is 16.1. The second-order valence-corrected chi connectivity index (χ2v) is 1.46. The zero-order valence-corrected chi connectivity index (χ0v) is 6.06. The molecule has 5 N–H and O–H groups in total. The number of hydrogen-bond acceptors (Lipinski definition) is 8. The first-order chi connectivity index (χ1) is 5.72. The molecular formula is C4H7N7O. The monoisotopic (exact) mass is 169 g/mol. The predicted octanol–water partition coefficient (Wildman–Crippen LogP) is -0.486. The summed E-state index contributed by atoms with van der Waals surface area (Å²) in [5.41, 5.74) is 16.8. The van der Waals surface area contributed by atoms with Crippen LogP contribution in [0, 0.1) is 5.53 Å². The van der Waals surface area contributed by atoms with Crippen LogP contribution in [0.2, 0.25) is 0 Å². The van der Waals surface area contributed by atoms with Gasteiger partial charge in [-0.25, -0.2) is 5.53 Å². The Morgan fingerprint density at radius 3 is 1.92 bits per heavy atom. The summed E-state index contributed by atoms with van der Waals surface area (Å²) < 4.78 is 0. The standard InChI is InChI=1S/C3H5N7.CH2O/c4-1-7-2(5)9-3(8-1)10-6;1-2/h6H,(H4,4,5,7,8,9);1H2. The van der Waals surface area contributed by atoms with Gasteiger partial charge >= 0.3 is 0 Å². The quantitative estimate of drug-likeness (QED) is 0.484. The number of anilines is 2. The Hall–Kier alpha value is -2.12. The molecule has 0 aromatic carbocycles. The van der Waals surface area contributed by atoms with Gasteiger partial charge in [0.15, 0.2) is 0 Å². The van der Waals surface area contributed by atoms with E-state index >= 15 is 0 Å². The topological polar surface area (TPSA) is 144 Å². The van der Waals surface area contributed by atoms with Crippen LogP contribution in [0.15, 0.2) is 5.11 Å². The van der Waals surface area contributed by atoms with Crippen molar-refractivity contribution in [1.82, 2.24) is 15.0 Å². The van der Waals surface area contributed by atoms with Gasteiger partial charge in [-0.05, 0) is 0 Å². The van der Waals surface area contributed by atoms with Crippen molar-refractivity contribution >= 4 is 24.6 Å². The summed E-state index contributed by atoms with van der Waals surface area (Å²) in [7, 11) is 0. The van der Waals surface area contributed by atoms with Crippen molar-refractivity contribution in [2.24, 2.45) is 5.11 Å². The van der Waals surface area contributed by atoms with Crippen LogP contribution in [-0.4, -0.2) is 21.7 Å². The van der Waals surface area contributed by atoms with Crippen LogP contribution >= 0.6 is 0 Å². The van der Waals surface area contributed by atoms with Crippen molar-refractivity contribution in [3.05, 3.63) is 0 Å². The Kier molecular flexibility index (Phi) is 3.84. The molecule has 0 saturated heterocycles. The van der Waals surface area contributed by atoms with E-state index in [0.717, 1.165) is 0 Å². The average Bonchev–Trinajstić information content (AvgIpc) is 2.06. The van der Waals surface area contributed by atoms with E-state index in [1.165, 1.54) is 0 Å². The summed E-state index contributed by atoms with van der Waals surface area (Å²) in [6, 6.07) is 0. The van der Waals surface area contributed by atoms with Crippen molar-refractivity contribution in [3.8, 4) is 0 Å². The van der Waals surface area contributed by atoms with Crippen LogP contribution in [0.4, 0.5) is 17.8 Å². The van der Waals surface area contributed by atoms with E-state index in [2.05, 4.69) is 20.1 Å². The molecule has 0 unspecified atom stereocenters. The lowest BCUT2D eigenvalue weighted by atomic mass is 10.8. The van der Waals surface area contributed by atoms with Crippen LogP contribution < -0.4 is 11.5 Å². The maximum Gasteiger partial charge on any atom is 0.274 e. The number of nitrogens with two attached hydrogens (primary N) is 2. The number of carbonyl (C=O) groups excluding carboxylic acids is 1. The Morgan fingerprint density at radius 1 is 1.17 bits per heavy atom. The van der Waals surface area contributed by atoms with Crippen molar-refractivity contribution < 1.29 is 4.79 Å². The van der Waals surface area contributed by atoms with Crippen LogP contribution in [-0.2, 0) is 4.79 Å². The molecule has 0 amide bonds. The van der Waals surface area contributed by atoms with Crippen LogP contribution in [0.5, 0.6) is 0 Å². The minimum Gasteiger partial charge on any atom is -0.368 e. The van der Waals surface area contributed by atoms with E-state index in [1.807, 2.05) is 6.79 Å². The molecule has 0 aliphatic rings. The number of carbonyl (C=O) groups is 1. The van der Waals surface area contributed by atoms with Gasteiger partial charge in [-0.15, -0.1) is 5.11 Å². The van der Waals surface area contributed by atoms with Crippen molar-refractivity contribution in [1.29, 1.82) is 5.53 Å². The van der Waals surface area contributed by atoms with Gasteiger partial charge < -0.3 is 16.3 Å². The minimum absolute atomic E-state index is 0.0292. The van der Waals surface area contributed by atoms with Crippen molar-refractivity contribution in [2.75, 3.05) is 11.5 Å². The zero-order valence-electron chi connectivity index (χ0n) is 6.06. The van der Waals surface area contributed by atoms with Gasteiger partial charge in [0.25, 0.3) is 5.95 Å². The fourth-order valence-electron chi connectivity index (χ4n) is 0.447. The maximum absolute atomic E-state index is 8.00. The molecule has 1 rings (SSSR count). The van der Waals surface area contributed by atoms with Gasteiger partial charge in [0, 0.05) is 0 Å². The molecule has 64 valence electrons. The fourth-order valence-corrected chi connectivity index (χ4v) is 0.447. The van der Waals surface area contributed by atoms with E-state index < -0.39 is 0 Å². The summed E-state index contributed by atoms with van der Waals surface area (Å²) in [5.74, 6) is -0.137. The van der Waals surface area contributed by atoms with E-state index in [-0.39, 0.29) is 17.8 Å². The molecule has 0 fully saturated rings. The molecule has 0 atom stereocenters. The third-order valence-electron chi connectivity index (χ3n) is 0.758. The van der Waals surface area contributed by atoms with E-state index in [4.69, 9.17) is 21.8 Å². The van der Waals surface area contributed by atoms with Gasteiger partial charge in [-0.1, -0.05) is 0 Å². The largest absolute Gasteiger partial charge is 0.368 e. The molecule has 0 bridgehead atoms. The Balaban J connectivity index is 0.000000561. The second kappa shape index (κ2) is 4.66. The third-order valence-corrected chi connectivity index (χ3v) is 0.758. The lowest BCUT2D eigenvalue weighted by molar-refractivity contribution is -0.0979. The highest BCUT2D eigenvalue weighted by molar-refractivity contribution is 5.32. The Labute approximate surface area is 67.5 Å². The fraction of sp³-hybridized carbons (Fsp3) is 0. The highest BCUT2D eigenvalue weighted by Gasteiger charge is 1.97. The summed E-state index contributed by atoms with van der Waals surface area (Å²) in [4.78, 5) is 18.4. The molecule has 8 nitrogen and oxygen atoms in total. The number of nitrogen functional groups attached to an aromatic ring is 2. The zero-order chi connectivity index (χ0) is 9.56. The van der Waals surface area contributed by atoms with Gasteiger partial charge in [0.1, 0.15) is 6.79 Å². The Morgan fingerprint density at radius 2 is 1.58 bits per heavy atom. The van der Waals surface area contributed by atoms with Crippen LogP contribution in [0.1, 0.15) is 0 Å².